The molecular formula is C14H17BrClNO2. The highest BCUT2D eigenvalue weighted by molar-refractivity contribution is 9.10. The van der Waals surface area contributed by atoms with Gasteiger partial charge in [0.05, 0.1) is 10.0 Å². The van der Waals surface area contributed by atoms with Gasteiger partial charge in [0.1, 0.15) is 5.75 Å². The number of hydrogen-bond donors (Lipinski definition) is 2. The van der Waals surface area contributed by atoms with E-state index in [-0.39, 0.29) is 17.2 Å². The normalized spacial score (nSPS) is 18.0. The van der Waals surface area contributed by atoms with E-state index >= 15 is 0 Å². The molecule has 104 valence electrons. The number of phenols is 1. The van der Waals surface area contributed by atoms with Crippen LogP contribution in [0.25, 0.3) is 0 Å². The Bertz CT molecular complexity index is 473. The van der Waals surface area contributed by atoms with E-state index < -0.39 is 0 Å². The van der Waals surface area contributed by atoms with Gasteiger partial charge in [-0.25, -0.2) is 0 Å². The summed E-state index contributed by atoms with van der Waals surface area (Å²) in [4.78, 5) is 12.2. The maximum atomic E-state index is 12.2. The molecule has 0 spiro atoms. The lowest BCUT2D eigenvalue weighted by Crippen LogP contribution is -2.51. The highest BCUT2D eigenvalue weighted by Crippen LogP contribution is 2.30. The molecule has 19 heavy (non-hydrogen) atoms. The van der Waals surface area contributed by atoms with Crippen LogP contribution >= 0.6 is 27.5 Å². The van der Waals surface area contributed by atoms with Crippen molar-refractivity contribution in [1.29, 1.82) is 0 Å². The average molecular weight is 347 g/mol. The minimum absolute atomic E-state index is 0.0659. The number of aromatic hydroxyl groups is 1. The van der Waals surface area contributed by atoms with Crippen molar-refractivity contribution in [2.24, 2.45) is 0 Å². The SMILES string of the molecule is O=C(NC1(CCl)CCCCC1)c1ccc(Br)c(O)c1. The molecule has 1 aliphatic rings. The first-order valence-corrected chi connectivity index (χ1v) is 7.76. The van der Waals surface area contributed by atoms with Gasteiger partial charge in [-0.05, 0) is 47.0 Å². The van der Waals surface area contributed by atoms with Crippen LogP contribution in [-0.4, -0.2) is 22.4 Å². The van der Waals surface area contributed by atoms with E-state index in [0.717, 1.165) is 25.7 Å². The molecule has 0 bridgehead atoms. The Morgan fingerprint density at radius 1 is 1.37 bits per heavy atom. The second kappa shape index (κ2) is 6.14. The summed E-state index contributed by atoms with van der Waals surface area (Å²) >= 11 is 9.25. The minimum atomic E-state index is -0.292. The molecule has 0 atom stereocenters. The van der Waals surface area contributed by atoms with Gasteiger partial charge < -0.3 is 10.4 Å². The Balaban J connectivity index is 2.12. The zero-order chi connectivity index (χ0) is 13.9. The highest BCUT2D eigenvalue weighted by atomic mass is 79.9. The van der Waals surface area contributed by atoms with Crippen LogP contribution in [0.5, 0.6) is 5.75 Å². The Labute approximate surface area is 126 Å². The van der Waals surface area contributed by atoms with Crippen molar-refractivity contribution in [2.45, 2.75) is 37.6 Å². The van der Waals surface area contributed by atoms with Gasteiger partial charge in [-0.3, -0.25) is 4.79 Å². The third-order valence-corrected chi connectivity index (χ3v) is 4.84. The third kappa shape index (κ3) is 3.42. The zero-order valence-electron chi connectivity index (χ0n) is 10.6. The lowest BCUT2D eigenvalue weighted by molar-refractivity contribution is 0.0884. The van der Waals surface area contributed by atoms with Crippen molar-refractivity contribution in [1.82, 2.24) is 5.32 Å². The average Bonchev–Trinajstić information content (AvgIpc) is 2.43. The van der Waals surface area contributed by atoms with Crippen LogP contribution in [0.2, 0.25) is 0 Å². The first kappa shape index (κ1) is 14.7. The first-order chi connectivity index (χ1) is 9.06. The molecule has 1 aliphatic carbocycles. The number of hydrogen-bond acceptors (Lipinski definition) is 2. The van der Waals surface area contributed by atoms with Gasteiger partial charge in [-0.15, -0.1) is 11.6 Å². The Kier molecular flexibility index (Phi) is 4.74. The Morgan fingerprint density at radius 2 is 2.05 bits per heavy atom. The number of phenolic OH excluding ortho intramolecular Hbond substituents is 1. The molecule has 1 amide bonds. The fourth-order valence-corrected chi connectivity index (χ4v) is 3.07. The van der Waals surface area contributed by atoms with Gasteiger partial charge in [0, 0.05) is 11.4 Å². The lowest BCUT2D eigenvalue weighted by atomic mass is 9.83. The Morgan fingerprint density at radius 3 is 2.63 bits per heavy atom. The Hall–Kier alpha value is -0.740. The summed E-state index contributed by atoms with van der Waals surface area (Å²) in [5.74, 6) is 0.322. The summed E-state index contributed by atoms with van der Waals surface area (Å²) in [6.45, 7) is 0. The number of carbonyl (C=O) groups excluding carboxylic acids is 1. The smallest absolute Gasteiger partial charge is 0.251 e. The van der Waals surface area contributed by atoms with Crippen LogP contribution in [0.3, 0.4) is 0 Å². The molecule has 1 aromatic rings. The van der Waals surface area contributed by atoms with Crippen molar-refractivity contribution in [3.63, 3.8) is 0 Å². The number of nitrogens with one attached hydrogen (secondary N) is 1. The summed E-state index contributed by atoms with van der Waals surface area (Å²) in [6, 6.07) is 4.81. The predicted molar refractivity (Wildman–Crippen MR) is 79.8 cm³/mol. The van der Waals surface area contributed by atoms with Crippen LogP contribution < -0.4 is 5.32 Å². The van der Waals surface area contributed by atoms with Gasteiger partial charge in [0.25, 0.3) is 5.91 Å². The topological polar surface area (TPSA) is 49.3 Å². The standard InChI is InChI=1S/C14H17BrClNO2/c15-11-5-4-10(8-12(11)18)13(19)17-14(9-16)6-2-1-3-7-14/h4-5,8,18H,1-3,6-7,9H2,(H,17,19). The summed E-state index contributed by atoms with van der Waals surface area (Å²) in [6.07, 6.45) is 5.24. The van der Waals surface area contributed by atoms with Crippen molar-refractivity contribution in [3.05, 3.63) is 28.2 Å². The van der Waals surface area contributed by atoms with Gasteiger partial charge in [0.15, 0.2) is 0 Å². The molecule has 0 saturated heterocycles. The lowest BCUT2D eigenvalue weighted by Gasteiger charge is -2.36. The third-order valence-electron chi connectivity index (χ3n) is 3.65. The molecule has 1 saturated carbocycles. The number of benzene rings is 1. The summed E-state index contributed by atoms with van der Waals surface area (Å²) in [5.41, 5.74) is 0.162. The van der Waals surface area contributed by atoms with Crippen LogP contribution in [0, 0.1) is 0 Å². The molecular weight excluding hydrogens is 330 g/mol. The molecule has 0 unspecified atom stereocenters. The van der Waals surface area contributed by atoms with E-state index in [0.29, 0.717) is 15.9 Å². The van der Waals surface area contributed by atoms with Crippen molar-refractivity contribution >= 4 is 33.4 Å². The number of rotatable bonds is 3. The van der Waals surface area contributed by atoms with E-state index in [1.165, 1.54) is 12.5 Å². The monoisotopic (exact) mass is 345 g/mol. The van der Waals surface area contributed by atoms with Gasteiger partial charge in [-0.2, -0.15) is 0 Å². The molecule has 0 aromatic heterocycles. The maximum Gasteiger partial charge on any atom is 0.251 e. The van der Waals surface area contributed by atoms with E-state index in [2.05, 4.69) is 21.2 Å². The van der Waals surface area contributed by atoms with Gasteiger partial charge >= 0.3 is 0 Å². The second-order valence-electron chi connectivity index (χ2n) is 5.09. The van der Waals surface area contributed by atoms with E-state index in [9.17, 15) is 9.90 Å². The van der Waals surface area contributed by atoms with Crippen LogP contribution in [-0.2, 0) is 0 Å². The minimum Gasteiger partial charge on any atom is -0.507 e. The quantitative estimate of drug-likeness (QED) is 0.817. The number of halogens is 2. The number of alkyl halides is 1. The number of amides is 1. The van der Waals surface area contributed by atoms with Crippen molar-refractivity contribution in [3.8, 4) is 5.75 Å². The molecule has 5 heteroatoms. The summed E-state index contributed by atoms with van der Waals surface area (Å²) in [7, 11) is 0. The van der Waals surface area contributed by atoms with Crippen molar-refractivity contribution in [2.75, 3.05) is 5.88 Å². The summed E-state index contributed by atoms with van der Waals surface area (Å²) < 4.78 is 0.578. The predicted octanol–water partition coefficient (Wildman–Crippen LogP) is 3.83. The maximum absolute atomic E-state index is 12.2. The molecule has 2 N–H and O–H groups in total. The van der Waals surface area contributed by atoms with Gasteiger partial charge in [-0.1, -0.05) is 19.3 Å². The van der Waals surface area contributed by atoms with Gasteiger partial charge in [0.2, 0.25) is 0 Å². The fourth-order valence-electron chi connectivity index (χ4n) is 2.49. The van der Waals surface area contributed by atoms with E-state index in [1.54, 1.807) is 12.1 Å². The zero-order valence-corrected chi connectivity index (χ0v) is 12.9. The molecule has 0 aliphatic heterocycles. The largest absolute Gasteiger partial charge is 0.507 e. The molecule has 1 fully saturated rings. The first-order valence-electron chi connectivity index (χ1n) is 6.43. The second-order valence-corrected chi connectivity index (χ2v) is 6.22. The van der Waals surface area contributed by atoms with Crippen LogP contribution in [0.4, 0.5) is 0 Å². The van der Waals surface area contributed by atoms with Crippen LogP contribution in [0.15, 0.2) is 22.7 Å². The molecule has 1 aromatic carbocycles. The summed E-state index contributed by atoms with van der Waals surface area (Å²) in [5, 5.41) is 12.7. The highest BCUT2D eigenvalue weighted by Gasteiger charge is 2.33. The fraction of sp³-hybridized carbons (Fsp3) is 0.500. The molecule has 3 nitrogen and oxygen atoms in total. The molecule has 0 heterocycles. The van der Waals surface area contributed by atoms with Crippen molar-refractivity contribution < 1.29 is 9.90 Å². The molecule has 2 rings (SSSR count). The number of carbonyl (C=O) groups is 1. The van der Waals surface area contributed by atoms with Crippen LogP contribution in [0.1, 0.15) is 42.5 Å². The van der Waals surface area contributed by atoms with E-state index in [1.807, 2.05) is 0 Å². The molecule has 0 radical (unpaired) electrons. The van der Waals surface area contributed by atoms with E-state index in [4.69, 9.17) is 11.6 Å².